The Bertz CT molecular complexity index is 1840. The van der Waals surface area contributed by atoms with Crippen LogP contribution in [0.5, 0.6) is 0 Å². The van der Waals surface area contributed by atoms with Gasteiger partial charge >= 0.3 is 10.2 Å². The van der Waals surface area contributed by atoms with E-state index in [1.165, 1.54) is 23.6 Å². The number of sulfonamides is 1. The minimum Gasteiger partial charge on any atom is -0.330 e. The number of nitrogens with zero attached hydrogens (tertiary/aromatic N) is 3. The fraction of sp³-hybridized carbons (Fsp3) is 0.250. The number of para-hydroxylation sites is 1. The summed E-state index contributed by atoms with van der Waals surface area (Å²) in [5, 5.41) is 1.15. The Balaban J connectivity index is 1.83. The van der Waals surface area contributed by atoms with E-state index in [-0.39, 0.29) is 52.6 Å². The number of carbonyl (C=O) groups is 1. The van der Waals surface area contributed by atoms with Gasteiger partial charge < -0.3 is 4.57 Å². The lowest BCUT2D eigenvalue weighted by Gasteiger charge is -2.29. The largest absolute Gasteiger partial charge is 0.330 e. The molecule has 1 aliphatic rings. The third-order valence-corrected chi connectivity index (χ3v) is 8.65. The summed E-state index contributed by atoms with van der Waals surface area (Å²) < 4.78 is 71.8. The van der Waals surface area contributed by atoms with Gasteiger partial charge in [0.05, 0.1) is 29.5 Å². The van der Waals surface area contributed by atoms with E-state index in [1.54, 1.807) is 12.1 Å². The predicted octanol–water partition coefficient (Wildman–Crippen LogP) is 3.07. The molecule has 2 aromatic carbocycles. The highest BCUT2D eigenvalue weighted by Gasteiger charge is 2.35. The van der Waals surface area contributed by atoms with Gasteiger partial charge in [-0.1, -0.05) is 29.8 Å². The highest BCUT2D eigenvalue weighted by Crippen LogP contribution is 2.39. The van der Waals surface area contributed by atoms with Gasteiger partial charge in [-0.2, -0.15) is 13.1 Å². The maximum Gasteiger partial charge on any atom is 0.301 e. The normalized spacial score (nSPS) is 15.7. The Morgan fingerprint density at radius 2 is 1.97 bits per heavy atom. The van der Waals surface area contributed by atoms with Crippen molar-refractivity contribution in [1.29, 1.82) is 0 Å². The molecular formula is C24H23ClFN5O5S2. The van der Waals surface area contributed by atoms with Crippen molar-refractivity contribution in [3.63, 3.8) is 0 Å². The topological polar surface area (TPSA) is 130 Å². The molecule has 10 nitrogen and oxygen atoms in total. The van der Waals surface area contributed by atoms with Gasteiger partial charge in [0.15, 0.2) is 0 Å². The summed E-state index contributed by atoms with van der Waals surface area (Å²) in [4.78, 5) is 17.9. The summed E-state index contributed by atoms with van der Waals surface area (Å²) in [7, 11) is -8.12. The summed E-state index contributed by atoms with van der Waals surface area (Å²) >= 11 is 6.49. The number of benzene rings is 2. The average molecular weight is 580 g/mol. The minimum absolute atomic E-state index is 0.0301. The number of amides is 1. The van der Waals surface area contributed by atoms with Gasteiger partial charge in [0, 0.05) is 29.4 Å². The van der Waals surface area contributed by atoms with Crippen molar-refractivity contribution < 1.29 is 26.0 Å². The van der Waals surface area contributed by atoms with E-state index in [4.69, 9.17) is 11.6 Å². The second-order valence-electron chi connectivity index (χ2n) is 9.06. The molecular weight excluding hydrogens is 557 g/mol. The number of anilines is 1. The van der Waals surface area contributed by atoms with Crippen LogP contribution in [0.4, 0.5) is 10.1 Å². The van der Waals surface area contributed by atoms with Crippen LogP contribution in [-0.2, 0) is 26.8 Å². The van der Waals surface area contributed by atoms with E-state index in [1.807, 2.05) is 22.9 Å². The molecule has 1 saturated heterocycles. The lowest BCUT2D eigenvalue weighted by atomic mass is 10.1. The van der Waals surface area contributed by atoms with Gasteiger partial charge in [0.2, 0.25) is 10.0 Å². The smallest absolute Gasteiger partial charge is 0.301 e. The van der Waals surface area contributed by atoms with Crippen LogP contribution in [0.1, 0.15) is 28.0 Å². The van der Waals surface area contributed by atoms with E-state index in [0.29, 0.717) is 17.5 Å². The van der Waals surface area contributed by atoms with E-state index >= 15 is 0 Å². The first-order valence-electron chi connectivity index (χ1n) is 11.5. The maximum atomic E-state index is 14.9. The first kappa shape index (κ1) is 26.4. The molecule has 1 amide bonds. The van der Waals surface area contributed by atoms with Crippen molar-refractivity contribution in [2.45, 2.75) is 19.9 Å². The zero-order chi connectivity index (χ0) is 27.4. The van der Waals surface area contributed by atoms with E-state index < -0.39 is 32.0 Å². The minimum atomic E-state index is -4.08. The van der Waals surface area contributed by atoms with Crippen LogP contribution in [0.15, 0.2) is 42.5 Å². The first-order chi connectivity index (χ1) is 17.9. The zero-order valence-corrected chi connectivity index (χ0v) is 22.7. The number of hydrogen-bond donors (Lipinski definition) is 2. The fourth-order valence-corrected chi connectivity index (χ4v) is 6.59. The van der Waals surface area contributed by atoms with Crippen molar-refractivity contribution >= 4 is 65.2 Å². The molecule has 0 bridgehead atoms. The van der Waals surface area contributed by atoms with Crippen LogP contribution in [0.3, 0.4) is 0 Å². The summed E-state index contributed by atoms with van der Waals surface area (Å²) in [5.41, 5.74) is 1.18. The molecule has 3 heterocycles. The third kappa shape index (κ3) is 4.82. The van der Waals surface area contributed by atoms with Gasteiger partial charge in [-0.15, -0.1) is 0 Å². The van der Waals surface area contributed by atoms with Crippen LogP contribution in [-0.4, -0.2) is 51.6 Å². The molecule has 38 heavy (non-hydrogen) atoms. The SMILES string of the molecule is Cc1cc2c(N3CCCNS3(=O)=O)c(C(=O)NS(C)(=O)=O)n(Cc3cc4ccccc4nc3Cl)c2cc1F. The van der Waals surface area contributed by atoms with Crippen LogP contribution >= 0.6 is 11.6 Å². The van der Waals surface area contributed by atoms with Gasteiger partial charge in [-0.3, -0.25) is 9.10 Å². The van der Waals surface area contributed by atoms with Gasteiger partial charge in [0.25, 0.3) is 5.91 Å². The van der Waals surface area contributed by atoms with E-state index in [2.05, 4.69) is 9.71 Å². The number of aryl methyl sites for hydroxylation is 1. The van der Waals surface area contributed by atoms with Crippen molar-refractivity contribution in [3.8, 4) is 0 Å². The second kappa shape index (κ2) is 9.49. The summed E-state index contributed by atoms with van der Waals surface area (Å²) in [6.07, 6.45) is 1.24. The number of carbonyl (C=O) groups excluding carboxylic acids is 1. The van der Waals surface area contributed by atoms with Gasteiger partial charge in [-0.05, 0) is 43.2 Å². The Kier molecular flexibility index (Phi) is 6.58. The van der Waals surface area contributed by atoms with Crippen LogP contribution < -0.4 is 13.7 Å². The van der Waals surface area contributed by atoms with Crippen molar-refractivity contribution in [1.82, 2.24) is 19.0 Å². The molecule has 0 unspecified atom stereocenters. The maximum absolute atomic E-state index is 14.9. The molecule has 0 spiro atoms. The quantitative estimate of drug-likeness (QED) is 0.350. The van der Waals surface area contributed by atoms with Crippen LogP contribution in [0, 0.1) is 12.7 Å². The van der Waals surface area contributed by atoms with E-state index in [0.717, 1.165) is 15.9 Å². The Labute approximate surface area is 223 Å². The van der Waals surface area contributed by atoms with Crippen molar-refractivity contribution in [2.24, 2.45) is 0 Å². The standard InChI is InChI=1S/C24H23ClFN5O5S2/c1-14-10-17-20(12-18(14)26)30(13-16-11-15-6-3-4-7-19(15)28-23(16)25)22(24(32)29-37(2,33)34)21(17)31-9-5-8-27-38(31,35)36/h3-4,6-7,10-12,27H,5,8-9,13H2,1-2H3,(H,29,32). The molecule has 14 heteroatoms. The summed E-state index contributed by atoms with van der Waals surface area (Å²) in [5.74, 6) is -1.65. The van der Waals surface area contributed by atoms with E-state index in [9.17, 15) is 26.0 Å². The highest BCUT2D eigenvalue weighted by molar-refractivity contribution is 7.91. The molecule has 0 aliphatic carbocycles. The Hall–Kier alpha value is -3.26. The predicted molar refractivity (Wildman–Crippen MR) is 144 cm³/mol. The molecule has 5 rings (SSSR count). The molecule has 4 aromatic rings. The third-order valence-electron chi connectivity index (χ3n) is 6.25. The molecule has 2 aromatic heterocycles. The molecule has 2 N–H and O–H groups in total. The van der Waals surface area contributed by atoms with Crippen molar-refractivity contribution in [3.05, 3.63) is 70.3 Å². The molecule has 0 atom stereocenters. The van der Waals surface area contributed by atoms with Crippen LogP contribution in [0.25, 0.3) is 21.8 Å². The Morgan fingerprint density at radius 3 is 2.68 bits per heavy atom. The summed E-state index contributed by atoms with van der Waals surface area (Å²) in [6.45, 7) is 1.62. The zero-order valence-electron chi connectivity index (χ0n) is 20.3. The van der Waals surface area contributed by atoms with Crippen LogP contribution in [0.2, 0.25) is 5.15 Å². The second-order valence-corrected chi connectivity index (χ2v) is 12.8. The van der Waals surface area contributed by atoms with Crippen molar-refractivity contribution in [2.75, 3.05) is 23.7 Å². The first-order valence-corrected chi connectivity index (χ1v) is 15.2. The molecule has 200 valence electrons. The van der Waals surface area contributed by atoms with Gasteiger partial charge in [-0.25, -0.2) is 22.5 Å². The number of fused-ring (bicyclic) bond motifs is 2. The number of pyridine rings is 1. The molecule has 1 fully saturated rings. The molecule has 1 aliphatic heterocycles. The average Bonchev–Trinajstić information content (AvgIpc) is 3.11. The number of aromatic nitrogens is 2. The summed E-state index contributed by atoms with van der Waals surface area (Å²) in [6, 6.07) is 11.6. The lowest BCUT2D eigenvalue weighted by molar-refractivity contribution is 0.0974. The highest BCUT2D eigenvalue weighted by atomic mass is 35.5. The molecule has 0 radical (unpaired) electrons. The fourth-order valence-electron chi connectivity index (χ4n) is 4.59. The number of nitrogens with one attached hydrogen (secondary N) is 2. The van der Waals surface area contributed by atoms with Gasteiger partial charge in [0.1, 0.15) is 16.7 Å². The number of halogens is 2. The Morgan fingerprint density at radius 1 is 1.24 bits per heavy atom. The number of rotatable bonds is 5. The molecule has 0 saturated carbocycles. The lowest BCUT2D eigenvalue weighted by Crippen LogP contribution is -2.47. The monoisotopic (exact) mass is 579 g/mol. The number of hydrogen-bond acceptors (Lipinski definition) is 6.